The summed E-state index contributed by atoms with van der Waals surface area (Å²) in [5.41, 5.74) is 0. The van der Waals surface area contributed by atoms with Gasteiger partial charge in [-0.2, -0.15) is 0 Å². The molecule has 0 amide bonds. The molecule has 84 valence electrons. The first-order valence-electron chi connectivity index (χ1n) is 5.83. The summed E-state index contributed by atoms with van der Waals surface area (Å²) in [6, 6.07) is 0. The molecule has 0 spiro atoms. The Labute approximate surface area is 91.1 Å². The van der Waals surface area contributed by atoms with Gasteiger partial charge in [0.2, 0.25) is 0 Å². The standard InChI is InChI=1S/C12H20N2O/c1-9-4-3-5-10(8-9)11(15)12-13-6-7-14(12)2/h6-7,9-11,15H,3-5,8H2,1-2H3. The predicted molar refractivity (Wildman–Crippen MR) is 59.3 cm³/mol. The molecule has 15 heavy (non-hydrogen) atoms. The minimum absolute atomic E-state index is 0.382. The highest BCUT2D eigenvalue weighted by Crippen LogP contribution is 2.36. The fourth-order valence-electron chi connectivity index (χ4n) is 2.64. The average molecular weight is 208 g/mol. The molecule has 0 aliphatic heterocycles. The summed E-state index contributed by atoms with van der Waals surface area (Å²) in [4.78, 5) is 4.23. The molecule has 3 unspecified atom stereocenters. The van der Waals surface area contributed by atoms with Crippen LogP contribution in [0.3, 0.4) is 0 Å². The second-order valence-electron chi connectivity index (χ2n) is 4.87. The van der Waals surface area contributed by atoms with Gasteiger partial charge in [-0.1, -0.05) is 19.8 Å². The van der Waals surface area contributed by atoms with Crippen molar-refractivity contribution in [3.05, 3.63) is 18.2 Å². The van der Waals surface area contributed by atoms with Crippen LogP contribution < -0.4 is 0 Å². The highest BCUT2D eigenvalue weighted by atomic mass is 16.3. The van der Waals surface area contributed by atoms with Gasteiger partial charge in [0, 0.05) is 19.4 Å². The normalized spacial score (nSPS) is 29.0. The van der Waals surface area contributed by atoms with Crippen LogP contribution in [0.1, 0.15) is 44.5 Å². The zero-order chi connectivity index (χ0) is 10.8. The van der Waals surface area contributed by atoms with E-state index in [2.05, 4.69) is 11.9 Å². The van der Waals surface area contributed by atoms with Crippen LogP contribution in [-0.4, -0.2) is 14.7 Å². The first-order chi connectivity index (χ1) is 7.18. The third-order valence-electron chi connectivity index (χ3n) is 3.55. The fraction of sp³-hybridized carbons (Fsp3) is 0.750. The lowest BCUT2D eigenvalue weighted by Gasteiger charge is -2.30. The van der Waals surface area contributed by atoms with Crippen molar-refractivity contribution in [1.29, 1.82) is 0 Å². The third-order valence-corrected chi connectivity index (χ3v) is 3.55. The molecule has 1 fully saturated rings. The summed E-state index contributed by atoms with van der Waals surface area (Å²) in [7, 11) is 1.94. The number of aliphatic hydroxyl groups is 1. The van der Waals surface area contributed by atoms with Gasteiger partial charge in [0.25, 0.3) is 0 Å². The van der Waals surface area contributed by atoms with Gasteiger partial charge in [-0.25, -0.2) is 4.98 Å². The molecule has 1 aromatic rings. The Balaban J connectivity index is 2.07. The molecule has 1 aromatic heterocycles. The van der Waals surface area contributed by atoms with E-state index < -0.39 is 0 Å². The van der Waals surface area contributed by atoms with Crippen molar-refractivity contribution in [2.24, 2.45) is 18.9 Å². The molecule has 0 saturated heterocycles. The molecule has 0 bridgehead atoms. The number of hydrogen-bond acceptors (Lipinski definition) is 2. The maximum absolute atomic E-state index is 10.2. The summed E-state index contributed by atoms with van der Waals surface area (Å²) >= 11 is 0. The highest BCUT2D eigenvalue weighted by molar-refractivity contribution is 4.98. The maximum Gasteiger partial charge on any atom is 0.137 e. The zero-order valence-corrected chi connectivity index (χ0v) is 9.56. The molecule has 1 N–H and O–H groups in total. The first-order valence-corrected chi connectivity index (χ1v) is 5.83. The Morgan fingerprint density at radius 3 is 2.93 bits per heavy atom. The van der Waals surface area contributed by atoms with Crippen LogP contribution in [0, 0.1) is 11.8 Å². The highest BCUT2D eigenvalue weighted by Gasteiger charge is 2.28. The van der Waals surface area contributed by atoms with E-state index in [1.165, 1.54) is 12.8 Å². The van der Waals surface area contributed by atoms with E-state index in [1.54, 1.807) is 6.20 Å². The van der Waals surface area contributed by atoms with Crippen LogP contribution in [0.4, 0.5) is 0 Å². The molecule has 0 aromatic carbocycles. The smallest absolute Gasteiger partial charge is 0.137 e. The summed E-state index contributed by atoms with van der Waals surface area (Å²) < 4.78 is 1.92. The lowest BCUT2D eigenvalue weighted by atomic mass is 9.79. The number of nitrogens with zero attached hydrogens (tertiary/aromatic N) is 2. The molecular formula is C12H20N2O. The van der Waals surface area contributed by atoms with Gasteiger partial charge in [0.05, 0.1) is 0 Å². The van der Waals surface area contributed by atoms with E-state index in [0.29, 0.717) is 5.92 Å². The van der Waals surface area contributed by atoms with Crippen LogP contribution in [0.2, 0.25) is 0 Å². The van der Waals surface area contributed by atoms with E-state index in [-0.39, 0.29) is 6.10 Å². The molecule has 3 heteroatoms. The lowest BCUT2D eigenvalue weighted by molar-refractivity contribution is 0.0623. The maximum atomic E-state index is 10.2. The predicted octanol–water partition coefficient (Wildman–Crippen LogP) is 2.28. The van der Waals surface area contributed by atoms with Gasteiger partial charge >= 0.3 is 0 Å². The van der Waals surface area contributed by atoms with Crippen molar-refractivity contribution in [2.75, 3.05) is 0 Å². The minimum Gasteiger partial charge on any atom is -0.385 e. The Hall–Kier alpha value is -0.830. The second kappa shape index (κ2) is 4.35. The molecule has 1 heterocycles. The Kier molecular flexibility index (Phi) is 3.10. The zero-order valence-electron chi connectivity index (χ0n) is 9.56. The van der Waals surface area contributed by atoms with Gasteiger partial charge in [-0.15, -0.1) is 0 Å². The van der Waals surface area contributed by atoms with Crippen LogP contribution >= 0.6 is 0 Å². The first kappa shape index (κ1) is 10.7. The van der Waals surface area contributed by atoms with Crippen molar-refractivity contribution in [3.8, 4) is 0 Å². The van der Waals surface area contributed by atoms with Gasteiger partial charge < -0.3 is 9.67 Å². The van der Waals surface area contributed by atoms with Crippen molar-refractivity contribution in [2.45, 2.75) is 38.7 Å². The van der Waals surface area contributed by atoms with Crippen molar-refractivity contribution < 1.29 is 5.11 Å². The van der Waals surface area contributed by atoms with Crippen LogP contribution in [0.15, 0.2) is 12.4 Å². The topological polar surface area (TPSA) is 38.1 Å². The van der Waals surface area contributed by atoms with Crippen LogP contribution in [0.25, 0.3) is 0 Å². The third kappa shape index (κ3) is 2.23. The molecule has 0 radical (unpaired) electrons. The molecular weight excluding hydrogens is 188 g/mol. The fourth-order valence-corrected chi connectivity index (χ4v) is 2.64. The summed E-state index contributed by atoms with van der Waals surface area (Å²) in [5.74, 6) is 1.96. The number of rotatable bonds is 2. The van der Waals surface area contributed by atoms with Gasteiger partial charge in [0.15, 0.2) is 0 Å². The molecule has 2 rings (SSSR count). The second-order valence-corrected chi connectivity index (χ2v) is 4.87. The SMILES string of the molecule is CC1CCCC(C(O)c2nccn2C)C1. The number of aryl methyl sites for hydroxylation is 1. The lowest BCUT2D eigenvalue weighted by Crippen LogP contribution is -2.22. The monoisotopic (exact) mass is 208 g/mol. The van der Waals surface area contributed by atoms with Gasteiger partial charge in [-0.05, 0) is 24.7 Å². The van der Waals surface area contributed by atoms with E-state index in [0.717, 1.165) is 24.6 Å². The Morgan fingerprint density at radius 1 is 1.53 bits per heavy atom. The largest absolute Gasteiger partial charge is 0.385 e. The van der Waals surface area contributed by atoms with Gasteiger partial charge in [0.1, 0.15) is 11.9 Å². The number of aromatic nitrogens is 2. The van der Waals surface area contributed by atoms with Crippen molar-refractivity contribution in [3.63, 3.8) is 0 Å². The van der Waals surface area contributed by atoms with Gasteiger partial charge in [-0.3, -0.25) is 0 Å². The van der Waals surface area contributed by atoms with Crippen molar-refractivity contribution >= 4 is 0 Å². The van der Waals surface area contributed by atoms with E-state index in [4.69, 9.17) is 0 Å². The molecule has 3 nitrogen and oxygen atoms in total. The Morgan fingerprint density at radius 2 is 2.33 bits per heavy atom. The van der Waals surface area contributed by atoms with E-state index in [9.17, 15) is 5.11 Å². The van der Waals surface area contributed by atoms with Crippen LogP contribution in [-0.2, 0) is 7.05 Å². The molecule has 1 aliphatic carbocycles. The van der Waals surface area contributed by atoms with Crippen LogP contribution in [0.5, 0.6) is 0 Å². The minimum atomic E-state index is -0.382. The summed E-state index contributed by atoms with van der Waals surface area (Å²) in [6.45, 7) is 2.28. The number of aliphatic hydroxyl groups excluding tert-OH is 1. The summed E-state index contributed by atoms with van der Waals surface area (Å²) in [5, 5.41) is 10.2. The number of imidazole rings is 1. The van der Waals surface area contributed by atoms with E-state index >= 15 is 0 Å². The summed E-state index contributed by atoms with van der Waals surface area (Å²) in [6.07, 6.45) is 8.09. The molecule has 3 atom stereocenters. The average Bonchev–Trinajstić information content (AvgIpc) is 2.63. The van der Waals surface area contributed by atoms with E-state index in [1.807, 2.05) is 17.8 Å². The quantitative estimate of drug-likeness (QED) is 0.809. The number of hydrogen-bond donors (Lipinski definition) is 1. The molecule has 1 aliphatic rings. The van der Waals surface area contributed by atoms with Crippen molar-refractivity contribution in [1.82, 2.24) is 9.55 Å². The molecule has 1 saturated carbocycles. The Bertz CT molecular complexity index is 321.